The van der Waals surface area contributed by atoms with E-state index in [0.717, 1.165) is 23.3 Å². The molecule has 0 fully saturated rings. The first kappa shape index (κ1) is 23.2. The Morgan fingerprint density at radius 2 is 1.68 bits per heavy atom. The predicted octanol–water partition coefficient (Wildman–Crippen LogP) is 6.62. The number of nitrogens with one attached hydrogen (secondary N) is 1. The van der Waals surface area contributed by atoms with Crippen molar-refractivity contribution in [3.05, 3.63) is 75.4 Å². The summed E-state index contributed by atoms with van der Waals surface area (Å²) in [5.41, 5.74) is 0.142. The number of ether oxygens (including phenoxy) is 1. The molecule has 31 heavy (non-hydrogen) atoms. The Morgan fingerprint density at radius 1 is 1.03 bits per heavy atom. The molecule has 164 valence electrons. The number of pyridine rings is 1. The van der Waals surface area contributed by atoms with Crippen molar-refractivity contribution in [2.75, 3.05) is 4.72 Å². The van der Waals surface area contributed by atoms with Crippen LogP contribution in [0, 0.1) is 13.8 Å². The summed E-state index contributed by atoms with van der Waals surface area (Å²) in [4.78, 5) is 3.39. The van der Waals surface area contributed by atoms with Gasteiger partial charge in [0.2, 0.25) is 5.88 Å². The quantitative estimate of drug-likeness (QED) is 0.436. The number of nitrogens with zero attached hydrogens (tertiary/aromatic N) is 1. The summed E-state index contributed by atoms with van der Waals surface area (Å²) < 4.78 is 73.0. The van der Waals surface area contributed by atoms with E-state index in [4.69, 9.17) is 27.9 Å². The molecule has 1 heterocycles. The molecule has 11 heteroatoms. The molecule has 0 aliphatic carbocycles. The maximum atomic E-state index is 13.1. The first-order chi connectivity index (χ1) is 14.4. The number of aromatic nitrogens is 1. The lowest BCUT2D eigenvalue weighted by atomic mass is 10.1. The number of halogens is 5. The molecular formula is C20H15Cl2F3N2O3S. The molecule has 0 aliphatic heterocycles. The number of para-hydroxylation sites is 1. The van der Waals surface area contributed by atoms with E-state index in [2.05, 4.69) is 9.71 Å². The van der Waals surface area contributed by atoms with Gasteiger partial charge in [0.1, 0.15) is 11.4 Å². The molecule has 2 aromatic carbocycles. The lowest BCUT2D eigenvalue weighted by Gasteiger charge is -2.16. The third kappa shape index (κ3) is 5.23. The van der Waals surface area contributed by atoms with Crippen molar-refractivity contribution in [3.63, 3.8) is 0 Å². The average molecular weight is 491 g/mol. The van der Waals surface area contributed by atoms with E-state index < -0.39 is 31.7 Å². The monoisotopic (exact) mass is 490 g/mol. The first-order valence-electron chi connectivity index (χ1n) is 8.67. The molecule has 1 N–H and O–H groups in total. The highest BCUT2D eigenvalue weighted by Crippen LogP contribution is 2.37. The number of hydrogen-bond acceptors (Lipinski definition) is 4. The van der Waals surface area contributed by atoms with Gasteiger partial charge in [-0.1, -0.05) is 41.4 Å². The Labute approximate surface area is 186 Å². The summed E-state index contributed by atoms with van der Waals surface area (Å²) in [7, 11) is -4.45. The van der Waals surface area contributed by atoms with Gasteiger partial charge in [-0.05, 0) is 49.2 Å². The van der Waals surface area contributed by atoms with Crippen molar-refractivity contribution in [3.8, 4) is 11.6 Å². The number of sulfonamides is 1. The fourth-order valence-corrected chi connectivity index (χ4v) is 4.19. The van der Waals surface area contributed by atoms with Gasteiger partial charge in [0.05, 0.1) is 20.5 Å². The topological polar surface area (TPSA) is 68.3 Å². The summed E-state index contributed by atoms with van der Waals surface area (Å²) in [6.07, 6.45) is -3.57. The van der Waals surface area contributed by atoms with Gasteiger partial charge in [-0.25, -0.2) is 13.4 Å². The van der Waals surface area contributed by atoms with Crippen molar-refractivity contribution >= 4 is 38.9 Å². The number of anilines is 1. The molecule has 0 atom stereocenters. The van der Waals surface area contributed by atoms with Crippen LogP contribution in [0.4, 0.5) is 18.9 Å². The molecule has 3 rings (SSSR count). The van der Waals surface area contributed by atoms with Crippen LogP contribution in [0.1, 0.15) is 16.7 Å². The minimum atomic E-state index is -4.82. The van der Waals surface area contributed by atoms with E-state index in [1.807, 2.05) is 6.07 Å². The van der Waals surface area contributed by atoms with Crippen molar-refractivity contribution in [1.82, 2.24) is 4.98 Å². The highest BCUT2D eigenvalue weighted by molar-refractivity contribution is 7.92. The van der Waals surface area contributed by atoms with Crippen LogP contribution in [-0.2, 0) is 16.2 Å². The van der Waals surface area contributed by atoms with Crippen LogP contribution < -0.4 is 9.46 Å². The summed E-state index contributed by atoms with van der Waals surface area (Å²) in [6.45, 7) is 3.60. The number of aryl methyl sites for hydroxylation is 2. The van der Waals surface area contributed by atoms with Crippen molar-refractivity contribution in [1.29, 1.82) is 0 Å². The van der Waals surface area contributed by atoms with Gasteiger partial charge in [0.15, 0.2) is 0 Å². The zero-order valence-electron chi connectivity index (χ0n) is 16.1. The second-order valence-electron chi connectivity index (χ2n) is 6.57. The van der Waals surface area contributed by atoms with Crippen molar-refractivity contribution < 1.29 is 26.3 Å². The number of alkyl halides is 3. The van der Waals surface area contributed by atoms with Gasteiger partial charge < -0.3 is 4.74 Å². The molecule has 0 radical (unpaired) electrons. The average Bonchev–Trinajstić information content (AvgIpc) is 2.65. The van der Waals surface area contributed by atoms with Crippen LogP contribution in [-0.4, -0.2) is 13.4 Å². The number of hydrogen-bond donors (Lipinski definition) is 1. The molecular weight excluding hydrogens is 476 g/mol. The molecule has 0 saturated carbocycles. The normalized spacial score (nSPS) is 12.0. The Morgan fingerprint density at radius 3 is 2.29 bits per heavy atom. The molecule has 0 bridgehead atoms. The predicted molar refractivity (Wildman–Crippen MR) is 112 cm³/mol. The zero-order valence-corrected chi connectivity index (χ0v) is 18.4. The van der Waals surface area contributed by atoms with Gasteiger partial charge in [-0.15, -0.1) is 0 Å². The molecule has 3 aromatic rings. The molecule has 0 unspecified atom stereocenters. The number of rotatable bonds is 5. The fourth-order valence-electron chi connectivity index (χ4n) is 2.73. The highest BCUT2D eigenvalue weighted by atomic mass is 35.5. The van der Waals surface area contributed by atoms with E-state index in [1.165, 1.54) is 12.3 Å². The van der Waals surface area contributed by atoms with Crippen LogP contribution in [0.25, 0.3) is 0 Å². The van der Waals surface area contributed by atoms with E-state index in [0.29, 0.717) is 11.8 Å². The first-order valence-corrected chi connectivity index (χ1v) is 10.9. The molecule has 0 amide bonds. The second kappa shape index (κ2) is 8.57. The minimum Gasteiger partial charge on any atom is -0.436 e. The summed E-state index contributed by atoms with van der Waals surface area (Å²) in [6, 6.07) is 8.95. The van der Waals surface area contributed by atoms with Crippen LogP contribution >= 0.6 is 23.2 Å². The Balaban J connectivity index is 2.02. The SMILES string of the molecule is Cc1cccc(C)c1Oc1ncc(Cl)cc1NS(=O)(=O)c1ccc(Cl)c(C(F)(F)F)c1. The van der Waals surface area contributed by atoms with Gasteiger partial charge >= 0.3 is 6.18 Å². The smallest absolute Gasteiger partial charge is 0.417 e. The van der Waals surface area contributed by atoms with E-state index in [1.54, 1.807) is 26.0 Å². The van der Waals surface area contributed by atoms with Crippen LogP contribution in [0.5, 0.6) is 11.6 Å². The van der Waals surface area contributed by atoms with E-state index in [9.17, 15) is 21.6 Å². The van der Waals surface area contributed by atoms with Crippen LogP contribution in [0.2, 0.25) is 10.0 Å². The summed E-state index contributed by atoms with van der Waals surface area (Å²) >= 11 is 11.5. The lowest BCUT2D eigenvalue weighted by Crippen LogP contribution is -2.16. The van der Waals surface area contributed by atoms with Crippen molar-refractivity contribution in [2.45, 2.75) is 24.9 Å². The Hall–Kier alpha value is -2.49. The third-order valence-corrected chi connectivity index (χ3v) is 6.12. The zero-order chi connectivity index (χ0) is 23.0. The lowest BCUT2D eigenvalue weighted by molar-refractivity contribution is -0.137. The van der Waals surface area contributed by atoms with Gasteiger partial charge in [0, 0.05) is 6.20 Å². The van der Waals surface area contributed by atoms with Crippen LogP contribution in [0.3, 0.4) is 0 Å². The van der Waals surface area contributed by atoms with E-state index >= 15 is 0 Å². The molecule has 1 aromatic heterocycles. The van der Waals surface area contributed by atoms with Crippen LogP contribution in [0.15, 0.2) is 53.6 Å². The molecule has 5 nitrogen and oxygen atoms in total. The maximum absolute atomic E-state index is 13.1. The molecule has 0 spiro atoms. The Bertz CT molecular complexity index is 1230. The summed E-state index contributed by atoms with van der Waals surface area (Å²) in [5.74, 6) is 0.346. The highest BCUT2D eigenvalue weighted by Gasteiger charge is 2.34. The van der Waals surface area contributed by atoms with Gasteiger partial charge in [-0.3, -0.25) is 4.72 Å². The largest absolute Gasteiger partial charge is 0.436 e. The van der Waals surface area contributed by atoms with Gasteiger partial charge in [0.25, 0.3) is 10.0 Å². The molecule has 0 aliphatic rings. The Kier molecular flexibility index (Phi) is 6.40. The second-order valence-corrected chi connectivity index (χ2v) is 9.10. The van der Waals surface area contributed by atoms with Gasteiger partial charge in [-0.2, -0.15) is 13.2 Å². The maximum Gasteiger partial charge on any atom is 0.417 e. The fraction of sp³-hybridized carbons (Fsp3) is 0.150. The van der Waals surface area contributed by atoms with E-state index in [-0.39, 0.29) is 16.6 Å². The minimum absolute atomic E-state index is 0.0960. The molecule has 0 saturated heterocycles. The summed E-state index contributed by atoms with van der Waals surface area (Å²) in [5, 5.41) is -0.520. The standard InChI is InChI=1S/C20H15Cl2F3N2O3S/c1-11-4-3-5-12(2)18(11)30-19-17(8-13(21)10-26-19)27-31(28,29)14-6-7-16(22)15(9-14)20(23,24)25/h3-10,27H,1-2H3. The third-order valence-electron chi connectivity index (χ3n) is 4.22. The van der Waals surface area contributed by atoms with Crippen molar-refractivity contribution in [2.24, 2.45) is 0 Å². The number of benzene rings is 2.